The standard InChI is InChI=1S/C12H20N2O5S/c15-11(16)8-10(9-2-3-9)13-12(17)14-4-1-6-20(18,19)7-5-14/h9-10H,1-8H2,(H,13,17)(H,15,16). The van der Waals surface area contributed by atoms with Gasteiger partial charge in [0, 0.05) is 19.1 Å². The molecule has 1 unspecified atom stereocenters. The molecule has 0 spiro atoms. The lowest BCUT2D eigenvalue weighted by Gasteiger charge is -2.24. The fourth-order valence-electron chi connectivity index (χ4n) is 2.41. The smallest absolute Gasteiger partial charge is 0.317 e. The fourth-order valence-corrected chi connectivity index (χ4v) is 3.69. The molecule has 1 saturated heterocycles. The first-order valence-corrected chi connectivity index (χ1v) is 8.67. The van der Waals surface area contributed by atoms with E-state index in [-0.39, 0.29) is 42.5 Å². The Bertz CT molecular complexity index is 486. The number of nitrogens with one attached hydrogen (secondary N) is 1. The molecular weight excluding hydrogens is 284 g/mol. The Balaban J connectivity index is 1.91. The van der Waals surface area contributed by atoms with E-state index in [2.05, 4.69) is 5.32 Å². The minimum atomic E-state index is -3.05. The Morgan fingerprint density at radius 3 is 2.55 bits per heavy atom. The number of aliphatic carboxylic acids is 1. The van der Waals surface area contributed by atoms with Crippen molar-refractivity contribution in [1.82, 2.24) is 10.2 Å². The lowest BCUT2D eigenvalue weighted by molar-refractivity contribution is -0.137. The molecule has 1 saturated carbocycles. The van der Waals surface area contributed by atoms with Crippen molar-refractivity contribution >= 4 is 21.8 Å². The number of nitrogens with zero attached hydrogens (tertiary/aromatic N) is 1. The summed E-state index contributed by atoms with van der Waals surface area (Å²) in [6.45, 7) is 0.578. The molecule has 1 atom stereocenters. The third kappa shape index (κ3) is 4.36. The molecule has 8 heteroatoms. The number of urea groups is 1. The number of hydrogen-bond donors (Lipinski definition) is 2. The van der Waals surface area contributed by atoms with E-state index in [1.165, 1.54) is 4.90 Å². The first-order valence-electron chi connectivity index (χ1n) is 6.85. The molecule has 2 amide bonds. The summed E-state index contributed by atoms with van der Waals surface area (Å²) < 4.78 is 23.0. The average Bonchev–Trinajstić information content (AvgIpc) is 3.14. The molecule has 0 bridgehead atoms. The molecule has 0 aromatic rings. The molecule has 1 aliphatic heterocycles. The van der Waals surface area contributed by atoms with Gasteiger partial charge in [0.05, 0.1) is 17.9 Å². The summed E-state index contributed by atoms with van der Waals surface area (Å²) in [7, 11) is -3.05. The second-order valence-electron chi connectivity index (χ2n) is 5.48. The van der Waals surface area contributed by atoms with E-state index in [1.54, 1.807) is 0 Å². The van der Waals surface area contributed by atoms with Crippen LogP contribution in [0.2, 0.25) is 0 Å². The molecule has 7 nitrogen and oxygen atoms in total. The Morgan fingerprint density at radius 1 is 1.25 bits per heavy atom. The second-order valence-corrected chi connectivity index (χ2v) is 7.79. The molecular formula is C12H20N2O5S. The molecule has 1 heterocycles. The maximum absolute atomic E-state index is 12.1. The van der Waals surface area contributed by atoms with E-state index in [1.807, 2.05) is 0 Å². The van der Waals surface area contributed by atoms with Gasteiger partial charge in [-0.15, -0.1) is 0 Å². The van der Waals surface area contributed by atoms with E-state index in [0.29, 0.717) is 13.0 Å². The Kier molecular flexibility index (Phi) is 4.52. The van der Waals surface area contributed by atoms with Gasteiger partial charge in [-0.25, -0.2) is 13.2 Å². The molecule has 2 fully saturated rings. The summed E-state index contributed by atoms with van der Waals surface area (Å²) in [6, 6.07) is -0.694. The summed E-state index contributed by atoms with van der Waals surface area (Å²) in [4.78, 5) is 24.4. The second kappa shape index (κ2) is 5.99. The Hall–Kier alpha value is -1.31. The normalized spacial score (nSPS) is 23.7. The molecule has 2 aliphatic rings. The predicted molar refractivity (Wildman–Crippen MR) is 72.1 cm³/mol. The van der Waals surface area contributed by atoms with Crippen LogP contribution in [0.5, 0.6) is 0 Å². The zero-order valence-corrected chi connectivity index (χ0v) is 12.1. The van der Waals surface area contributed by atoms with Crippen molar-refractivity contribution in [2.75, 3.05) is 24.6 Å². The summed E-state index contributed by atoms with van der Waals surface area (Å²) in [6.07, 6.45) is 2.23. The number of carboxylic acids is 1. The van der Waals surface area contributed by atoms with Gasteiger partial charge in [-0.05, 0) is 25.2 Å². The van der Waals surface area contributed by atoms with Gasteiger partial charge < -0.3 is 15.3 Å². The highest BCUT2D eigenvalue weighted by Gasteiger charge is 2.35. The van der Waals surface area contributed by atoms with Crippen LogP contribution >= 0.6 is 0 Å². The maximum Gasteiger partial charge on any atom is 0.317 e. The van der Waals surface area contributed by atoms with Gasteiger partial charge >= 0.3 is 12.0 Å². The quantitative estimate of drug-likeness (QED) is 0.765. The van der Waals surface area contributed by atoms with Gasteiger partial charge in [-0.1, -0.05) is 0 Å². The van der Waals surface area contributed by atoms with E-state index in [4.69, 9.17) is 5.11 Å². The molecule has 114 valence electrons. The van der Waals surface area contributed by atoms with Crippen molar-refractivity contribution in [1.29, 1.82) is 0 Å². The van der Waals surface area contributed by atoms with E-state index in [9.17, 15) is 18.0 Å². The van der Waals surface area contributed by atoms with Crippen LogP contribution in [0, 0.1) is 5.92 Å². The van der Waals surface area contributed by atoms with Crippen LogP contribution in [-0.2, 0) is 14.6 Å². The average molecular weight is 304 g/mol. The van der Waals surface area contributed by atoms with Crippen LogP contribution in [0.3, 0.4) is 0 Å². The minimum Gasteiger partial charge on any atom is -0.481 e. The lowest BCUT2D eigenvalue weighted by atomic mass is 10.1. The van der Waals surface area contributed by atoms with Crippen molar-refractivity contribution in [3.63, 3.8) is 0 Å². The third-order valence-electron chi connectivity index (χ3n) is 3.74. The van der Waals surface area contributed by atoms with E-state index >= 15 is 0 Å². The molecule has 2 N–H and O–H groups in total. The van der Waals surface area contributed by atoms with Crippen molar-refractivity contribution in [3.05, 3.63) is 0 Å². The number of rotatable bonds is 4. The minimum absolute atomic E-state index is 0.0204. The van der Waals surface area contributed by atoms with Crippen LogP contribution in [0.15, 0.2) is 0 Å². The van der Waals surface area contributed by atoms with Gasteiger partial charge in [0.25, 0.3) is 0 Å². The van der Waals surface area contributed by atoms with Crippen LogP contribution < -0.4 is 5.32 Å². The van der Waals surface area contributed by atoms with Crippen molar-refractivity contribution < 1.29 is 23.1 Å². The van der Waals surface area contributed by atoms with Crippen LogP contribution in [0.4, 0.5) is 4.79 Å². The topological polar surface area (TPSA) is 104 Å². The Labute approximate surface area is 118 Å². The van der Waals surface area contributed by atoms with Crippen molar-refractivity contribution in [2.24, 2.45) is 5.92 Å². The molecule has 0 aromatic carbocycles. The third-order valence-corrected chi connectivity index (χ3v) is 5.45. The van der Waals surface area contributed by atoms with Crippen LogP contribution in [0.1, 0.15) is 25.7 Å². The summed E-state index contributed by atoms with van der Waals surface area (Å²) in [5.41, 5.74) is 0. The van der Waals surface area contributed by atoms with E-state index in [0.717, 1.165) is 12.8 Å². The molecule has 0 radical (unpaired) electrons. The fraction of sp³-hybridized carbons (Fsp3) is 0.833. The predicted octanol–water partition coefficient (Wildman–Crippen LogP) is 0.0698. The first-order chi connectivity index (χ1) is 9.37. The monoisotopic (exact) mass is 304 g/mol. The first kappa shape index (κ1) is 15.1. The summed E-state index contributed by atoms with van der Waals surface area (Å²) in [5.74, 6) is -0.600. The van der Waals surface area contributed by atoms with Crippen molar-refractivity contribution in [3.8, 4) is 0 Å². The van der Waals surface area contributed by atoms with Crippen LogP contribution in [0.25, 0.3) is 0 Å². The number of sulfone groups is 1. The number of carboxylic acid groups (broad SMARTS) is 1. The number of hydrogen-bond acceptors (Lipinski definition) is 4. The van der Waals surface area contributed by atoms with Gasteiger partial charge in [0.15, 0.2) is 9.84 Å². The molecule has 1 aliphatic carbocycles. The SMILES string of the molecule is O=C(O)CC(NC(=O)N1CCCS(=O)(=O)CC1)C1CC1. The molecule has 20 heavy (non-hydrogen) atoms. The number of carbonyl (C=O) groups is 2. The van der Waals surface area contributed by atoms with Gasteiger partial charge in [-0.2, -0.15) is 0 Å². The zero-order chi connectivity index (χ0) is 14.8. The van der Waals surface area contributed by atoms with Gasteiger partial charge in [0.2, 0.25) is 0 Å². The van der Waals surface area contributed by atoms with Gasteiger partial charge in [0.1, 0.15) is 0 Å². The number of carbonyl (C=O) groups excluding carboxylic acids is 1. The van der Waals surface area contributed by atoms with Gasteiger partial charge in [-0.3, -0.25) is 4.79 Å². The van der Waals surface area contributed by atoms with E-state index < -0.39 is 15.8 Å². The summed E-state index contributed by atoms with van der Waals surface area (Å²) >= 11 is 0. The lowest BCUT2D eigenvalue weighted by Crippen LogP contribution is -2.47. The highest BCUT2D eigenvalue weighted by molar-refractivity contribution is 7.91. The molecule has 0 aromatic heterocycles. The molecule has 2 rings (SSSR count). The van der Waals surface area contributed by atoms with Crippen molar-refractivity contribution in [2.45, 2.75) is 31.7 Å². The zero-order valence-electron chi connectivity index (χ0n) is 11.2. The summed E-state index contributed by atoms with van der Waals surface area (Å²) in [5, 5.41) is 11.6. The highest BCUT2D eigenvalue weighted by atomic mass is 32.2. The van der Waals surface area contributed by atoms with Crippen LogP contribution in [-0.4, -0.2) is 61.1 Å². The highest BCUT2D eigenvalue weighted by Crippen LogP contribution is 2.34. The largest absolute Gasteiger partial charge is 0.481 e. The maximum atomic E-state index is 12.1. The number of amides is 2. The Morgan fingerprint density at radius 2 is 1.95 bits per heavy atom.